The van der Waals surface area contributed by atoms with E-state index in [-0.39, 0.29) is 0 Å². The maximum atomic E-state index is 11.1. The Hall–Kier alpha value is -2.13. The van der Waals surface area contributed by atoms with Gasteiger partial charge >= 0.3 is 5.97 Å². The summed E-state index contributed by atoms with van der Waals surface area (Å²) in [6.45, 7) is 1.50. The molecule has 3 N–H and O–H groups in total. The molecule has 3 nitrogen and oxygen atoms in total. The lowest BCUT2D eigenvalue weighted by Crippen LogP contribution is -2.41. The van der Waals surface area contributed by atoms with Crippen molar-refractivity contribution in [2.75, 3.05) is 0 Å². The molecule has 0 saturated heterocycles. The van der Waals surface area contributed by atoms with Crippen LogP contribution in [0, 0.1) is 0 Å². The van der Waals surface area contributed by atoms with Gasteiger partial charge in [-0.05, 0) is 29.7 Å². The summed E-state index contributed by atoms with van der Waals surface area (Å²) >= 11 is 0. The third-order valence-corrected chi connectivity index (χ3v) is 3.01. The number of nitrogens with two attached hydrogens (primary N) is 1. The summed E-state index contributed by atoms with van der Waals surface area (Å²) < 4.78 is 0. The Bertz CT molecular complexity index is 562. The molecule has 1 unspecified atom stereocenters. The van der Waals surface area contributed by atoms with Gasteiger partial charge in [0.15, 0.2) is 0 Å². The Balaban J connectivity index is 2.46. The van der Waals surface area contributed by atoms with Crippen LogP contribution >= 0.6 is 0 Å². The monoisotopic (exact) mass is 241 g/mol. The Kier molecular flexibility index (Phi) is 3.17. The molecule has 18 heavy (non-hydrogen) atoms. The number of carboxylic acids is 1. The number of carboxylic acid groups (broad SMARTS) is 1. The van der Waals surface area contributed by atoms with Gasteiger partial charge in [0.25, 0.3) is 0 Å². The fourth-order valence-electron chi connectivity index (χ4n) is 1.78. The molecule has 0 aromatic heterocycles. The van der Waals surface area contributed by atoms with Gasteiger partial charge < -0.3 is 10.8 Å². The third kappa shape index (κ3) is 2.26. The minimum Gasteiger partial charge on any atom is -0.480 e. The Morgan fingerprint density at radius 2 is 1.67 bits per heavy atom. The minimum atomic E-state index is -1.37. The molecular formula is C15H15NO2. The molecule has 0 aliphatic carbocycles. The van der Waals surface area contributed by atoms with Crippen LogP contribution < -0.4 is 5.73 Å². The molecule has 0 heterocycles. The second-order valence-electron chi connectivity index (χ2n) is 4.45. The first-order chi connectivity index (χ1) is 8.51. The summed E-state index contributed by atoms with van der Waals surface area (Å²) in [7, 11) is 0. The van der Waals surface area contributed by atoms with Gasteiger partial charge in [-0.1, -0.05) is 48.5 Å². The number of hydrogen-bond donors (Lipinski definition) is 2. The summed E-state index contributed by atoms with van der Waals surface area (Å²) in [6.07, 6.45) is 0. The van der Waals surface area contributed by atoms with Crippen molar-refractivity contribution in [3.05, 3.63) is 60.2 Å². The van der Waals surface area contributed by atoms with E-state index in [1.807, 2.05) is 48.5 Å². The van der Waals surface area contributed by atoms with Gasteiger partial charge in [0.2, 0.25) is 0 Å². The van der Waals surface area contributed by atoms with E-state index >= 15 is 0 Å². The predicted octanol–water partition coefficient (Wildman–Crippen LogP) is 2.61. The van der Waals surface area contributed by atoms with E-state index in [0.29, 0.717) is 5.56 Å². The van der Waals surface area contributed by atoms with Crippen molar-refractivity contribution in [1.82, 2.24) is 0 Å². The summed E-state index contributed by atoms with van der Waals surface area (Å²) in [5, 5.41) is 9.13. The SMILES string of the molecule is CC(N)(C(=O)O)c1cccc(-c2ccccc2)c1. The number of hydrogen-bond acceptors (Lipinski definition) is 2. The van der Waals surface area contributed by atoms with Crippen LogP contribution in [0.5, 0.6) is 0 Å². The van der Waals surface area contributed by atoms with E-state index in [1.54, 1.807) is 6.07 Å². The molecule has 2 aromatic carbocycles. The fourth-order valence-corrected chi connectivity index (χ4v) is 1.78. The summed E-state index contributed by atoms with van der Waals surface area (Å²) in [6, 6.07) is 17.1. The molecule has 0 fully saturated rings. The smallest absolute Gasteiger partial charge is 0.328 e. The van der Waals surface area contributed by atoms with Crippen molar-refractivity contribution in [3.8, 4) is 11.1 Å². The van der Waals surface area contributed by atoms with Gasteiger partial charge in [0.05, 0.1) is 0 Å². The summed E-state index contributed by atoms with van der Waals surface area (Å²) in [5.41, 5.74) is 7.06. The number of benzene rings is 2. The van der Waals surface area contributed by atoms with E-state index in [4.69, 9.17) is 10.8 Å². The molecule has 3 heteroatoms. The lowest BCUT2D eigenvalue weighted by molar-refractivity contribution is -0.143. The molecule has 0 bridgehead atoms. The minimum absolute atomic E-state index is 0.594. The Morgan fingerprint density at radius 1 is 1.06 bits per heavy atom. The van der Waals surface area contributed by atoms with Crippen LogP contribution in [0.4, 0.5) is 0 Å². The molecule has 0 aliphatic rings. The molecule has 1 atom stereocenters. The van der Waals surface area contributed by atoms with Gasteiger partial charge in [-0.3, -0.25) is 0 Å². The van der Waals surface area contributed by atoms with Crippen molar-refractivity contribution in [1.29, 1.82) is 0 Å². The molecule has 2 aromatic rings. The van der Waals surface area contributed by atoms with Gasteiger partial charge in [0.1, 0.15) is 5.54 Å². The summed E-state index contributed by atoms with van der Waals surface area (Å²) in [5.74, 6) is -1.03. The third-order valence-electron chi connectivity index (χ3n) is 3.01. The van der Waals surface area contributed by atoms with Crippen LogP contribution in [0.15, 0.2) is 54.6 Å². The molecule has 0 saturated carbocycles. The highest BCUT2D eigenvalue weighted by Gasteiger charge is 2.30. The van der Waals surface area contributed by atoms with E-state index in [9.17, 15) is 4.79 Å². The van der Waals surface area contributed by atoms with Crippen molar-refractivity contribution in [3.63, 3.8) is 0 Å². The lowest BCUT2D eigenvalue weighted by Gasteiger charge is -2.20. The highest BCUT2D eigenvalue weighted by Crippen LogP contribution is 2.25. The number of aliphatic carboxylic acids is 1. The highest BCUT2D eigenvalue weighted by molar-refractivity contribution is 5.80. The Morgan fingerprint density at radius 3 is 2.28 bits per heavy atom. The predicted molar refractivity (Wildman–Crippen MR) is 71.1 cm³/mol. The quantitative estimate of drug-likeness (QED) is 0.868. The van der Waals surface area contributed by atoms with E-state index in [1.165, 1.54) is 6.92 Å². The molecule has 0 spiro atoms. The molecule has 0 aliphatic heterocycles. The zero-order chi connectivity index (χ0) is 13.2. The largest absolute Gasteiger partial charge is 0.480 e. The molecule has 2 rings (SSSR count). The van der Waals surface area contributed by atoms with Crippen LogP contribution in [-0.2, 0) is 10.3 Å². The zero-order valence-corrected chi connectivity index (χ0v) is 10.1. The first-order valence-corrected chi connectivity index (χ1v) is 5.70. The Labute approximate surface area is 106 Å². The molecule has 0 amide bonds. The fraction of sp³-hybridized carbons (Fsp3) is 0.133. The lowest BCUT2D eigenvalue weighted by atomic mass is 9.91. The van der Waals surface area contributed by atoms with Crippen LogP contribution in [-0.4, -0.2) is 11.1 Å². The van der Waals surface area contributed by atoms with Gasteiger partial charge in [-0.15, -0.1) is 0 Å². The first kappa shape index (κ1) is 12.3. The van der Waals surface area contributed by atoms with E-state index < -0.39 is 11.5 Å². The van der Waals surface area contributed by atoms with Gasteiger partial charge in [-0.2, -0.15) is 0 Å². The standard InChI is InChI=1S/C15H15NO2/c1-15(16,14(17)18)13-9-5-8-12(10-13)11-6-3-2-4-7-11/h2-10H,16H2,1H3,(H,17,18). The number of rotatable bonds is 3. The van der Waals surface area contributed by atoms with Gasteiger partial charge in [-0.25, -0.2) is 4.79 Å². The van der Waals surface area contributed by atoms with E-state index in [2.05, 4.69) is 0 Å². The van der Waals surface area contributed by atoms with Crippen molar-refractivity contribution in [2.45, 2.75) is 12.5 Å². The number of carbonyl (C=O) groups is 1. The maximum Gasteiger partial charge on any atom is 0.328 e. The van der Waals surface area contributed by atoms with Crippen LogP contribution in [0.2, 0.25) is 0 Å². The van der Waals surface area contributed by atoms with Gasteiger partial charge in [0, 0.05) is 0 Å². The average molecular weight is 241 g/mol. The first-order valence-electron chi connectivity index (χ1n) is 5.70. The van der Waals surface area contributed by atoms with E-state index in [0.717, 1.165) is 11.1 Å². The molecular weight excluding hydrogens is 226 g/mol. The summed E-state index contributed by atoms with van der Waals surface area (Å²) in [4.78, 5) is 11.1. The van der Waals surface area contributed by atoms with Crippen LogP contribution in [0.25, 0.3) is 11.1 Å². The topological polar surface area (TPSA) is 63.3 Å². The second kappa shape index (κ2) is 4.63. The molecule has 92 valence electrons. The van der Waals surface area contributed by atoms with Crippen molar-refractivity contribution in [2.24, 2.45) is 5.73 Å². The van der Waals surface area contributed by atoms with Crippen LogP contribution in [0.3, 0.4) is 0 Å². The van der Waals surface area contributed by atoms with Crippen LogP contribution in [0.1, 0.15) is 12.5 Å². The van der Waals surface area contributed by atoms with Crippen molar-refractivity contribution >= 4 is 5.97 Å². The highest BCUT2D eigenvalue weighted by atomic mass is 16.4. The normalized spacial score (nSPS) is 13.9. The zero-order valence-electron chi connectivity index (χ0n) is 10.1. The average Bonchev–Trinajstić information content (AvgIpc) is 2.40. The molecule has 0 radical (unpaired) electrons. The second-order valence-corrected chi connectivity index (χ2v) is 4.45. The van der Waals surface area contributed by atoms with Crippen molar-refractivity contribution < 1.29 is 9.90 Å². The maximum absolute atomic E-state index is 11.1.